The first-order valence-corrected chi connectivity index (χ1v) is 11.0. The van der Waals surface area contributed by atoms with Crippen LogP contribution in [0.1, 0.15) is 6.92 Å². The predicted octanol–water partition coefficient (Wildman–Crippen LogP) is 2.75. The van der Waals surface area contributed by atoms with Crippen LogP contribution < -0.4 is 9.62 Å². The van der Waals surface area contributed by atoms with E-state index < -0.39 is 27.8 Å². The molecule has 140 valence electrons. The van der Waals surface area contributed by atoms with Crippen LogP contribution in [0.3, 0.4) is 0 Å². The van der Waals surface area contributed by atoms with Gasteiger partial charge in [0.15, 0.2) is 4.34 Å². The summed E-state index contributed by atoms with van der Waals surface area (Å²) in [6.45, 7) is 5.02. The highest BCUT2D eigenvalue weighted by Crippen LogP contribution is 2.26. The van der Waals surface area contributed by atoms with Gasteiger partial charge in [-0.1, -0.05) is 35.2 Å². The number of carbonyl (C=O) groups is 1. The number of benzene rings is 1. The second kappa shape index (κ2) is 8.60. The van der Waals surface area contributed by atoms with E-state index in [2.05, 4.69) is 22.1 Å². The number of hydrogen-bond donors (Lipinski definition) is 1. The first-order chi connectivity index (χ1) is 12.2. The summed E-state index contributed by atoms with van der Waals surface area (Å²) in [7, 11) is -3.82. The number of nitrogens with zero attached hydrogens (tertiary/aromatic N) is 3. The Hall–Kier alpha value is -1.98. The summed E-state index contributed by atoms with van der Waals surface area (Å²) < 4.78 is 39.3. The average molecular weight is 417 g/mol. The van der Waals surface area contributed by atoms with E-state index in [1.54, 1.807) is 6.08 Å². The zero-order valence-electron chi connectivity index (χ0n) is 14.0. The Morgan fingerprint density at radius 1 is 1.50 bits per heavy atom. The topological polar surface area (TPSA) is 92.3 Å². The maximum Gasteiger partial charge on any atom is 0.249 e. The lowest BCUT2D eigenvalue weighted by atomic mass is 10.2. The number of aromatic nitrogens is 2. The highest BCUT2D eigenvalue weighted by Gasteiger charge is 2.30. The van der Waals surface area contributed by atoms with Crippen molar-refractivity contribution < 1.29 is 17.6 Å². The van der Waals surface area contributed by atoms with E-state index >= 15 is 0 Å². The molecule has 1 heterocycles. The van der Waals surface area contributed by atoms with Crippen LogP contribution in [0.15, 0.2) is 41.3 Å². The quantitative estimate of drug-likeness (QED) is 0.404. The number of halogens is 1. The molecular weight excluding hydrogens is 399 g/mol. The first kappa shape index (κ1) is 20.3. The van der Waals surface area contributed by atoms with Gasteiger partial charge in [-0.25, -0.2) is 12.8 Å². The van der Waals surface area contributed by atoms with E-state index in [4.69, 9.17) is 0 Å². The zero-order chi connectivity index (χ0) is 19.3. The number of carbonyl (C=O) groups excluding carboxylic acids is 1. The van der Waals surface area contributed by atoms with Crippen molar-refractivity contribution in [3.8, 4) is 0 Å². The molecule has 0 aliphatic carbocycles. The van der Waals surface area contributed by atoms with Gasteiger partial charge < -0.3 is 0 Å². The van der Waals surface area contributed by atoms with Crippen LogP contribution >= 0.6 is 23.1 Å². The maximum atomic E-state index is 13.5. The van der Waals surface area contributed by atoms with E-state index in [-0.39, 0.29) is 10.8 Å². The van der Waals surface area contributed by atoms with Crippen LogP contribution in [-0.4, -0.2) is 42.6 Å². The number of hydrogen-bond acceptors (Lipinski definition) is 7. The van der Waals surface area contributed by atoms with Gasteiger partial charge in [0, 0.05) is 5.75 Å². The second-order valence-corrected chi connectivity index (χ2v) is 9.28. The minimum Gasteiger partial charge on any atom is -0.299 e. The Bertz CT molecular complexity index is 901. The second-order valence-electron chi connectivity index (χ2n) is 5.18. The normalized spacial score (nSPS) is 12.4. The molecule has 0 saturated heterocycles. The summed E-state index contributed by atoms with van der Waals surface area (Å²) in [5, 5.41) is 10.6. The van der Waals surface area contributed by atoms with Crippen LogP contribution in [0, 0.1) is 5.82 Å². The standard InChI is InChI=1S/C15H17FN4O3S3/c1-4-8-24-15-19-18-14(25-15)17-13(21)10(2)20(26(3,22)23)12-7-5-6-11(16)9-12/h4-7,9-10H,1,8H2,2-3H3,(H,17,18,21)/t10-/m0/s1. The molecule has 0 radical (unpaired) electrons. The third kappa shape index (κ3) is 5.26. The predicted molar refractivity (Wildman–Crippen MR) is 103 cm³/mol. The molecule has 2 rings (SSSR count). The van der Waals surface area contributed by atoms with E-state index in [1.165, 1.54) is 48.2 Å². The molecule has 1 amide bonds. The molecular formula is C15H17FN4O3S3. The van der Waals surface area contributed by atoms with Gasteiger partial charge in [-0.3, -0.25) is 14.4 Å². The van der Waals surface area contributed by atoms with E-state index in [0.717, 1.165) is 16.6 Å². The fraction of sp³-hybridized carbons (Fsp3) is 0.267. The van der Waals surface area contributed by atoms with E-state index in [0.29, 0.717) is 10.1 Å². The molecule has 11 heteroatoms. The van der Waals surface area contributed by atoms with Crippen LogP contribution in [-0.2, 0) is 14.8 Å². The van der Waals surface area contributed by atoms with E-state index in [9.17, 15) is 17.6 Å². The van der Waals surface area contributed by atoms with Gasteiger partial charge in [0.2, 0.25) is 21.1 Å². The lowest BCUT2D eigenvalue weighted by Gasteiger charge is -2.27. The number of rotatable bonds is 8. The molecule has 0 unspecified atom stereocenters. The number of amides is 1. The Morgan fingerprint density at radius 3 is 2.85 bits per heavy atom. The smallest absolute Gasteiger partial charge is 0.249 e. The van der Waals surface area contributed by atoms with Gasteiger partial charge in [-0.2, -0.15) is 0 Å². The Labute approximate surface area is 159 Å². The Kier molecular flexibility index (Phi) is 6.73. The first-order valence-electron chi connectivity index (χ1n) is 7.35. The molecule has 7 nitrogen and oxygen atoms in total. The highest BCUT2D eigenvalue weighted by atomic mass is 32.2. The van der Waals surface area contributed by atoms with Gasteiger partial charge in [0.1, 0.15) is 11.9 Å². The summed E-state index contributed by atoms with van der Waals surface area (Å²) in [5.74, 6) is -0.548. The highest BCUT2D eigenvalue weighted by molar-refractivity contribution is 8.01. The lowest BCUT2D eigenvalue weighted by Crippen LogP contribution is -2.45. The van der Waals surface area contributed by atoms with Gasteiger partial charge in [0.25, 0.3) is 0 Å². The van der Waals surface area contributed by atoms with Gasteiger partial charge in [-0.15, -0.1) is 16.8 Å². The number of sulfonamides is 1. The third-order valence-electron chi connectivity index (χ3n) is 3.11. The van der Waals surface area contributed by atoms with Gasteiger partial charge in [-0.05, 0) is 25.1 Å². The fourth-order valence-electron chi connectivity index (χ4n) is 2.08. The largest absolute Gasteiger partial charge is 0.299 e. The van der Waals surface area contributed by atoms with Crippen LogP contribution in [0.25, 0.3) is 0 Å². The summed E-state index contributed by atoms with van der Waals surface area (Å²) in [6.07, 6.45) is 2.67. The molecule has 0 saturated carbocycles. The zero-order valence-corrected chi connectivity index (χ0v) is 16.5. The van der Waals surface area contributed by atoms with Crippen molar-refractivity contribution >= 4 is 49.8 Å². The van der Waals surface area contributed by atoms with Crippen LogP contribution in [0.4, 0.5) is 15.2 Å². The summed E-state index contributed by atoms with van der Waals surface area (Å²) in [5.41, 5.74) is 0.0645. The minimum atomic E-state index is -3.82. The van der Waals surface area contributed by atoms with Crippen molar-refractivity contribution in [2.75, 3.05) is 21.6 Å². The molecule has 0 spiro atoms. The van der Waals surface area contributed by atoms with Crippen LogP contribution in [0.5, 0.6) is 0 Å². The van der Waals surface area contributed by atoms with Crippen molar-refractivity contribution in [2.24, 2.45) is 0 Å². The Balaban J connectivity index is 2.20. The van der Waals surface area contributed by atoms with Crippen molar-refractivity contribution in [1.29, 1.82) is 0 Å². The molecule has 2 aromatic rings. The molecule has 1 N–H and O–H groups in total. The number of anilines is 2. The minimum absolute atomic E-state index is 0.0645. The molecule has 1 atom stereocenters. The molecule has 0 aliphatic rings. The molecule has 26 heavy (non-hydrogen) atoms. The fourth-order valence-corrected chi connectivity index (χ4v) is 4.76. The summed E-state index contributed by atoms with van der Waals surface area (Å²) >= 11 is 2.58. The maximum absolute atomic E-state index is 13.5. The van der Waals surface area contributed by atoms with Gasteiger partial charge >= 0.3 is 0 Å². The number of thioether (sulfide) groups is 1. The molecule has 1 aromatic heterocycles. The van der Waals surface area contributed by atoms with Crippen molar-refractivity contribution in [3.05, 3.63) is 42.7 Å². The Morgan fingerprint density at radius 2 is 2.23 bits per heavy atom. The monoisotopic (exact) mass is 416 g/mol. The molecule has 1 aromatic carbocycles. The van der Waals surface area contributed by atoms with Crippen molar-refractivity contribution in [3.63, 3.8) is 0 Å². The SMILES string of the molecule is C=CCSc1nnc(NC(=O)[C@H](C)N(c2cccc(F)c2)S(C)(=O)=O)s1. The molecule has 0 bridgehead atoms. The molecule has 0 fully saturated rings. The van der Waals surface area contributed by atoms with Gasteiger partial charge in [0.05, 0.1) is 11.9 Å². The third-order valence-corrected chi connectivity index (χ3v) is 6.32. The lowest BCUT2D eigenvalue weighted by molar-refractivity contribution is -0.116. The summed E-state index contributed by atoms with van der Waals surface area (Å²) in [6, 6.07) is 3.93. The van der Waals surface area contributed by atoms with Crippen molar-refractivity contribution in [1.82, 2.24) is 10.2 Å². The summed E-state index contributed by atoms with van der Waals surface area (Å²) in [4.78, 5) is 12.5. The van der Waals surface area contributed by atoms with E-state index in [1.807, 2.05) is 0 Å². The van der Waals surface area contributed by atoms with Crippen LogP contribution in [0.2, 0.25) is 0 Å². The average Bonchev–Trinajstić information content (AvgIpc) is 2.99. The number of nitrogens with one attached hydrogen (secondary N) is 1. The van der Waals surface area contributed by atoms with Crippen molar-refractivity contribution in [2.45, 2.75) is 17.3 Å². The molecule has 0 aliphatic heterocycles.